The van der Waals surface area contributed by atoms with Crippen LogP contribution in [0.3, 0.4) is 0 Å². The van der Waals surface area contributed by atoms with Gasteiger partial charge in [0.2, 0.25) is 5.91 Å². The summed E-state index contributed by atoms with van der Waals surface area (Å²) in [6.07, 6.45) is 0. The molecule has 0 saturated carbocycles. The number of amides is 1. The second-order valence-electron chi connectivity index (χ2n) is 6.57. The molecular formula is C22H19N3O3S2. The average Bonchev–Trinajstić information content (AvgIpc) is 3.23. The Morgan fingerprint density at radius 2 is 1.87 bits per heavy atom. The van der Waals surface area contributed by atoms with Gasteiger partial charge in [0.15, 0.2) is 5.16 Å². The predicted octanol–water partition coefficient (Wildman–Crippen LogP) is 4.50. The fourth-order valence-electron chi connectivity index (χ4n) is 2.91. The minimum absolute atomic E-state index is 0.131. The number of aryl methyl sites for hydroxylation is 1. The van der Waals surface area contributed by atoms with Crippen molar-refractivity contribution in [3.8, 4) is 11.4 Å². The monoisotopic (exact) mass is 437 g/mol. The van der Waals surface area contributed by atoms with Crippen molar-refractivity contribution >= 4 is 44.9 Å². The number of benzene rings is 2. The van der Waals surface area contributed by atoms with Crippen LogP contribution in [0.4, 0.5) is 5.69 Å². The molecule has 0 fully saturated rings. The number of rotatable bonds is 6. The smallest absolute Gasteiger partial charge is 0.276 e. The molecule has 6 nitrogen and oxygen atoms in total. The lowest BCUT2D eigenvalue weighted by Gasteiger charge is -2.12. The molecule has 0 spiro atoms. The minimum Gasteiger partial charge on any atom is -0.497 e. The van der Waals surface area contributed by atoms with Gasteiger partial charge in [-0.05, 0) is 54.8 Å². The molecule has 4 rings (SSSR count). The van der Waals surface area contributed by atoms with E-state index >= 15 is 0 Å². The van der Waals surface area contributed by atoms with Crippen molar-refractivity contribution < 1.29 is 9.53 Å². The highest BCUT2D eigenvalue weighted by Gasteiger charge is 2.16. The first kappa shape index (κ1) is 20.2. The highest BCUT2D eigenvalue weighted by atomic mass is 32.2. The van der Waals surface area contributed by atoms with Crippen LogP contribution in [0.2, 0.25) is 0 Å². The maximum Gasteiger partial charge on any atom is 0.276 e. The summed E-state index contributed by atoms with van der Waals surface area (Å²) in [6, 6.07) is 16.6. The van der Waals surface area contributed by atoms with Crippen molar-refractivity contribution in [2.45, 2.75) is 12.1 Å². The molecule has 0 aliphatic rings. The number of carbonyl (C=O) groups is 1. The van der Waals surface area contributed by atoms with Crippen LogP contribution in [0.5, 0.6) is 5.75 Å². The first-order valence-corrected chi connectivity index (χ1v) is 11.1. The summed E-state index contributed by atoms with van der Waals surface area (Å²) >= 11 is 2.59. The summed E-state index contributed by atoms with van der Waals surface area (Å²) in [7, 11) is 1.59. The Balaban J connectivity index is 1.62. The van der Waals surface area contributed by atoms with Crippen molar-refractivity contribution in [3.63, 3.8) is 0 Å². The van der Waals surface area contributed by atoms with E-state index in [0.717, 1.165) is 11.3 Å². The first-order valence-electron chi connectivity index (χ1n) is 9.19. The van der Waals surface area contributed by atoms with Crippen LogP contribution >= 0.6 is 23.1 Å². The molecule has 0 aliphatic heterocycles. The van der Waals surface area contributed by atoms with Crippen molar-refractivity contribution in [1.29, 1.82) is 0 Å². The Morgan fingerprint density at radius 1 is 1.13 bits per heavy atom. The molecular weight excluding hydrogens is 418 g/mol. The highest BCUT2D eigenvalue weighted by molar-refractivity contribution is 7.99. The van der Waals surface area contributed by atoms with Gasteiger partial charge in [0.25, 0.3) is 5.56 Å². The number of nitrogens with zero attached hydrogens (tertiary/aromatic N) is 2. The number of nitrogens with one attached hydrogen (secondary N) is 1. The van der Waals surface area contributed by atoms with Gasteiger partial charge in [-0.3, -0.25) is 14.2 Å². The highest BCUT2D eigenvalue weighted by Crippen LogP contribution is 2.25. The topological polar surface area (TPSA) is 73.2 Å². The largest absolute Gasteiger partial charge is 0.497 e. The van der Waals surface area contributed by atoms with Gasteiger partial charge in [0.05, 0.1) is 24.1 Å². The molecule has 2 heterocycles. The SMILES string of the molecule is COc1ccc(-n2c(SCC(=O)Nc3ccc(C)cc3)nc3ccsc3c2=O)cc1. The van der Waals surface area contributed by atoms with E-state index in [2.05, 4.69) is 10.3 Å². The van der Waals surface area contributed by atoms with Gasteiger partial charge in [-0.2, -0.15) is 0 Å². The van der Waals surface area contributed by atoms with Crippen molar-refractivity contribution in [3.05, 3.63) is 75.9 Å². The first-order chi connectivity index (χ1) is 14.5. The number of thioether (sulfide) groups is 1. The quantitative estimate of drug-likeness (QED) is 0.355. The van der Waals surface area contributed by atoms with E-state index in [1.807, 2.05) is 42.6 Å². The molecule has 30 heavy (non-hydrogen) atoms. The summed E-state index contributed by atoms with van der Waals surface area (Å²) in [6.45, 7) is 1.99. The number of thiophene rings is 1. The molecule has 4 aromatic rings. The molecule has 2 aromatic carbocycles. The standard InChI is InChI=1S/C22H19N3O3S2/c1-14-3-5-15(6-4-14)23-19(26)13-30-22-24-18-11-12-29-20(18)21(27)25(22)16-7-9-17(28-2)10-8-16/h3-12H,13H2,1-2H3,(H,23,26). The molecule has 1 amide bonds. The summed E-state index contributed by atoms with van der Waals surface area (Å²) in [5.74, 6) is 0.667. The van der Waals surface area contributed by atoms with E-state index in [-0.39, 0.29) is 17.2 Å². The van der Waals surface area contributed by atoms with E-state index in [1.165, 1.54) is 23.1 Å². The Bertz CT molecular complexity index is 1250. The van der Waals surface area contributed by atoms with Crippen molar-refractivity contribution in [1.82, 2.24) is 9.55 Å². The van der Waals surface area contributed by atoms with Crippen LogP contribution in [0, 0.1) is 6.92 Å². The number of anilines is 1. The molecule has 152 valence electrons. The summed E-state index contributed by atoms with van der Waals surface area (Å²) in [5.41, 5.74) is 3.02. The van der Waals surface area contributed by atoms with E-state index in [9.17, 15) is 9.59 Å². The third-order valence-corrected chi connectivity index (χ3v) is 6.28. The number of ether oxygens (including phenoxy) is 1. The van der Waals surface area contributed by atoms with Crippen LogP contribution < -0.4 is 15.6 Å². The van der Waals surface area contributed by atoms with Gasteiger partial charge >= 0.3 is 0 Å². The number of fused-ring (bicyclic) bond motifs is 1. The second kappa shape index (κ2) is 8.73. The van der Waals surface area contributed by atoms with Gasteiger partial charge in [-0.25, -0.2) is 4.98 Å². The second-order valence-corrected chi connectivity index (χ2v) is 8.43. The molecule has 0 saturated heterocycles. The molecule has 0 bridgehead atoms. The molecule has 0 atom stereocenters. The maximum atomic E-state index is 13.1. The van der Waals surface area contributed by atoms with Crippen LogP contribution in [-0.2, 0) is 4.79 Å². The molecule has 2 aromatic heterocycles. The van der Waals surface area contributed by atoms with Gasteiger partial charge in [-0.15, -0.1) is 11.3 Å². The van der Waals surface area contributed by atoms with E-state index < -0.39 is 0 Å². The zero-order valence-electron chi connectivity index (χ0n) is 16.4. The lowest BCUT2D eigenvalue weighted by atomic mass is 10.2. The van der Waals surface area contributed by atoms with Crippen molar-refractivity contribution in [2.75, 3.05) is 18.2 Å². The van der Waals surface area contributed by atoms with Crippen LogP contribution in [0.15, 0.2) is 69.9 Å². The van der Waals surface area contributed by atoms with Gasteiger partial charge in [0.1, 0.15) is 10.4 Å². The average molecular weight is 438 g/mol. The Kier molecular flexibility index (Phi) is 5.87. The predicted molar refractivity (Wildman–Crippen MR) is 122 cm³/mol. The number of carbonyl (C=O) groups excluding carboxylic acids is 1. The molecule has 0 unspecified atom stereocenters. The lowest BCUT2D eigenvalue weighted by molar-refractivity contribution is -0.113. The molecule has 8 heteroatoms. The van der Waals surface area contributed by atoms with Crippen LogP contribution in [0.1, 0.15) is 5.56 Å². The summed E-state index contributed by atoms with van der Waals surface area (Å²) in [5, 5.41) is 5.18. The normalized spacial score (nSPS) is 10.9. The zero-order valence-corrected chi connectivity index (χ0v) is 18.0. The van der Waals surface area contributed by atoms with Gasteiger partial charge in [0, 0.05) is 5.69 Å². The minimum atomic E-state index is -0.162. The zero-order chi connectivity index (χ0) is 21.1. The lowest BCUT2D eigenvalue weighted by Crippen LogP contribution is -2.22. The third-order valence-electron chi connectivity index (χ3n) is 4.45. The van der Waals surface area contributed by atoms with E-state index in [4.69, 9.17) is 4.74 Å². The fraction of sp³-hybridized carbons (Fsp3) is 0.136. The molecule has 0 aliphatic carbocycles. The van der Waals surface area contributed by atoms with Crippen molar-refractivity contribution in [2.24, 2.45) is 0 Å². The van der Waals surface area contributed by atoms with Crippen LogP contribution in [0.25, 0.3) is 15.9 Å². The van der Waals surface area contributed by atoms with Gasteiger partial charge < -0.3 is 10.1 Å². The summed E-state index contributed by atoms with van der Waals surface area (Å²) in [4.78, 5) is 30.2. The summed E-state index contributed by atoms with van der Waals surface area (Å²) < 4.78 is 7.33. The fourth-order valence-corrected chi connectivity index (χ4v) is 4.48. The van der Waals surface area contributed by atoms with Gasteiger partial charge in [-0.1, -0.05) is 29.5 Å². The van der Waals surface area contributed by atoms with Crippen LogP contribution in [-0.4, -0.2) is 28.3 Å². The number of hydrogen-bond donors (Lipinski definition) is 1. The van der Waals surface area contributed by atoms with E-state index in [0.29, 0.717) is 26.8 Å². The number of hydrogen-bond acceptors (Lipinski definition) is 6. The molecule has 0 radical (unpaired) electrons. The number of aromatic nitrogens is 2. The Labute approximate surface area is 181 Å². The Morgan fingerprint density at radius 3 is 2.57 bits per heavy atom. The third kappa shape index (κ3) is 4.24. The molecule has 1 N–H and O–H groups in total. The number of methoxy groups -OCH3 is 1. The van der Waals surface area contributed by atoms with E-state index in [1.54, 1.807) is 35.9 Å². The maximum absolute atomic E-state index is 13.1. The Hall–Kier alpha value is -3.10.